The molecule has 1 N–H and O–H groups in total. The molecular formula is C21H13ClF2N2O2. The maximum Gasteiger partial charge on any atom is 0.259 e. The van der Waals surface area contributed by atoms with E-state index in [-0.39, 0.29) is 23.6 Å². The van der Waals surface area contributed by atoms with Gasteiger partial charge in [0.15, 0.2) is 0 Å². The van der Waals surface area contributed by atoms with E-state index >= 15 is 0 Å². The minimum absolute atomic E-state index is 0.0702. The summed E-state index contributed by atoms with van der Waals surface area (Å²) in [5.41, 5.74) is 0.721. The Kier molecular flexibility index (Phi) is 4.79. The van der Waals surface area contributed by atoms with Gasteiger partial charge in [0, 0.05) is 10.6 Å². The maximum atomic E-state index is 13.9. The van der Waals surface area contributed by atoms with Crippen LogP contribution in [-0.2, 0) is 6.61 Å². The number of benzene rings is 3. The molecule has 0 fully saturated rings. The molecule has 0 amide bonds. The highest BCUT2D eigenvalue weighted by Crippen LogP contribution is 2.31. The number of H-pyrrole nitrogens is 1. The molecule has 0 radical (unpaired) electrons. The number of nitrogens with zero attached hydrogens (tertiary/aromatic N) is 1. The molecule has 1 aromatic heterocycles. The molecule has 0 saturated heterocycles. The number of para-hydroxylation sites is 1. The van der Waals surface area contributed by atoms with Gasteiger partial charge in [-0.2, -0.15) is 0 Å². The molecule has 4 aromatic rings. The molecule has 7 heteroatoms. The third kappa shape index (κ3) is 3.59. The van der Waals surface area contributed by atoms with Crippen molar-refractivity contribution in [3.63, 3.8) is 0 Å². The average Bonchev–Trinajstić information content (AvgIpc) is 2.69. The SMILES string of the molecule is O=c1[nH]c(-c2cc(Cl)ccc2OCc2cc(F)ccc2F)nc2ccccc12. The van der Waals surface area contributed by atoms with E-state index in [4.69, 9.17) is 16.3 Å². The van der Waals surface area contributed by atoms with Gasteiger partial charge >= 0.3 is 0 Å². The van der Waals surface area contributed by atoms with Crippen LogP contribution in [0.4, 0.5) is 8.78 Å². The van der Waals surface area contributed by atoms with E-state index in [9.17, 15) is 13.6 Å². The van der Waals surface area contributed by atoms with Crippen molar-refractivity contribution in [2.75, 3.05) is 0 Å². The molecule has 0 aliphatic carbocycles. The summed E-state index contributed by atoms with van der Waals surface area (Å²) in [5, 5.41) is 0.868. The van der Waals surface area contributed by atoms with Crippen LogP contribution in [0.25, 0.3) is 22.3 Å². The van der Waals surface area contributed by atoms with Crippen molar-refractivity contribution in [2.24, 2.45) is 0 Å². The highest BCUT2D eigenvalue weighted by Gasteiger charge is 2.13. The van der Waals surface area contributed by atoms with E-state index in [1.807, 2.05) is 0 Å². The van der Waals surface area contributed by atoms with E-state index in [2.05, 4.69) is 9.97 Å². The van der Waals surface area contributed by atoms with Gasteiger partial charge in [-0.25, -0.2) is 13.8 Å². The first-order valence-electron chi connectivity index (χ1n) is 8.37. The van der Waals surface area contributed by atoms with Crippen LogP contribution in [0.15, 0.2) is 65.5 Å². The fraction of sp³-hybridized carbons (Fsp3) is 0.0476. The maximum absolute atomic E-state index is 13.9. The lowest BCUT2D eigenvalue weighted by Crippen LogP contribution is -2.10. The van der Waals surface area contributed by atoms with Crippen LogP contribution in [0.1, 0.15) is 5.56 Å². The number of hydrogen-bond acceptors (Lipinski definition) is 3. The third-order valence-corrected chi connectivity index (χ3v) is 4.44. The number of nitrogens with one attached hydrogen (secondary N) is 1. The quantitative estimate of drug-likeness (QED) is 0.520. The first kappa shape index (κ1) is 18.1. The minimum atomic E-state index is -0.575. The summed E-state index contributed by atoms with van der Waals surface area (Å²) in [6.45, 7) is -0.198. The lowest BCUT2D eigenvalue weighted by atomic mass is 10.1. The number of aromatic amines is 1. The molecule has 4 nitrogen and oxygen atoms in total. The lowest BCUT2D eigenvalue weighted by molar-refractivity contribution is 0.300. The summed E-state index contributed by atoms with van der Waals surface area (Å²) in [6, 6.07) is 14.9. The van der Waals surface area contributed by atoms with Crippen molar-refractivity contribution in [3.05, 3.63) is 93.2 Å². The van der Waals surface area contributed by atoms with Crippen molar-refractivity contribution in [1.29, 1.82) is 0 Å². The number of ether oxygens (including phenoxy) is 1. The number of hydrogen-bond donors (Lipinski definition) is 1. The molecule has 4 rings (SSSR count). The normalized spacial score (nSPS) is 11.0. The van der Waals surface area contributed by atoms with E-state index in [0.717, 1.165) is 18.2 Å². The van der Waals surface area contributed by atoms with Crippen LogP contribution < -0.4 is 10.3 Å². The van der Waals surface area contributed by atoms with E-state index in [0.29, 0.717) is 27.2 Å². The van der Waals surface area contributed by atoms with Gasteiger partial charge in [-0.3, -0.25) is 4.79 Å². The molecule has 28 heavy (non-hydrogen) atoms. The van der Waals surface area contributed by atoms with Gasteiger partial charge < -0.3 is 9.72 Å². The number of fused-ring (bicyclic) bond motifs is 1. The third-order valence-electron chi connectivity index (χ3n) is 4.20. The second-order valence-electron chi connectivity index (χ2n) is 6.10. The van der Waals surface area contributed by atoms with Crippen LogP contribution in [0, 0.1) is 11.6 Å². The smallest absolute Gasteiger partial charge is 0.259 e. The predicted molar refractivity (Wildman–Crippen MR) is 103 cm³/mol. The monoisotopic (exact) mass is 398 g/mol. The van der Waals surface area contributed by atoms with Crippen molar-refractivity contribution in [2.45, 2.75) is 6.61 Å². The molecule has 0 saturated carbocycles. The lowest BCUT2D eigenvalue weighted by Gasteiger charge is -2.12. The Morgan fingerprint density at radius 3 is 2.71 bits per heavy atom. The Morgan fingerprint density at radius 2 is 1.86 bits per heavy atom. The summed E-state index contributed by atoms with van der Waals surface area (Å²) >= 11 is 6.10. The van der Waals surface area contributed by atoms with E-state index in [1.54, 1.807) is 42.5 Å². The van der Waals surface area contributed by atoms with Crippen LogP contribution in [0.5, 0.6) is 5.75 Å². The van der Waals surface area contributed by atoms with Gasteiger partial charge in [0.2, 0.25) is 0 Å². The standard InChI is InChI=1S/C21H13ClF2N2O2/c22-13-5-8-19(28-11-12-9-14(23)6-7-17(12)24)16(10-13)20-25-18-4-2-1-3-15(18)21(27)26-20/h1-10H,11H2,(H,25,26,27). The first-order valence-corrected chi connectivity index (χ1v) is 8.75. The Labute approximate surface area is 163 Å². The Morgan fingerprint density at radius 1 is 1.04 bits per heavy atom. The molecule has 3 aromatic carbocycles. The van der Waals surface area contributed by atoms with Gasteiger partial charge in [-0.1, -0.05) is 23.7 Å². The number of halogens is 3. The van der Waals surface area contributed by atoms with Crippen LogP contribution >= 0.6 is 11.6 Å². The summed E-state index contributed by atoms with van der Waals surface area (Å²) < 4.78 is 32.9. The highest BCUT2D eigenvalue weighted by atomic mass is 35.5. The van der Waals surface area contributed by atoms with Crippen molar-refractivity contribution in [1.82, 2.24) is 9.97 Å². The van der Waals surface area contributed by atoms with Gasteiger partial charge in [-0.15, -0.1) is 0 Å². The number of rotatable bonds is 4. The van der Waals surface area contributed by atoms with Gasteiger partial charge in [0.05, 0.1) is 16.5 Å². The average molecular weight is 399 g/mol. The molecular weight excluding hydrogens is 386 g/mol. The van der Waals surface area contributed by atoms with E-state index < -0.39 is 11.6 Å². The highest BCUT2D eigenvalue weighted by molar-refractivity contribution is 6.30. The molecule has 0 spiro atoms. The molecule has 0 unspecified atom stereocenters. The van der Waals surface area contributed by atoms with Crippen molar-refractivity contribution >= 4 is 22.5 Å². The van der Waals surface area contributed by atoms with E-state index in [1.165, 1.54) is 0 Å². The molecule has 1 heterocycles. The van der Waals surface area contributed by atoms with Gasteiger partial charge in [0.25, 0.3) is 5.56 Å². The van der Waals surface area contributed by atoms with Crippen molar-refractivity contribution < 1.29 is 13.5 Å². The zero-order valence-electron chi connectivity index (χ0n) is 14.4. The zero-order chi connectivity index (χ0) is 19.7. The Bertz CT molecular complexity index is 1240. The Balaban J connectivity index is 1.75. The predicted octanol–water partition coefficient (Wildman–Crippen LogP) is 5.10. The summed E-state index contributed by atoms with van der Waals surface area (Å²) in [6.07, 6.45) is 0. The fourth-order valence-corrected chi connectivity index (χ4v) is 3.01. The van der Waals surface area contributed by atoms with Gasteiger partial charge in [0.1, 0.15) is 29.8 Å². The van der Waals surface area contributed by atoms with Gasteiger partial charge in [-0.05, 0) is 48.5 Å². The molecule has 140 valence electrons. The number of aromatic nitrogens is 2. The molecule has 0 aliphatic heterocycles. The Hall–Kier alpha value is -3.25. The largest absolute Gasteiger partial charge is 0.488 e. The molecule has 0 atom stereocenters. The topological polar surface area (TPSA) is 55.0 Å². The summed E-state index contributed by atoms with van der Waals surface area (Å²) in [5.74, 6) is -0.543. The molecule has 0 bridgehead atoms. The van der Waals surface area contributed by atoms with Crippen LogP contribution in [0.2, 0.25) is 5.02 Å². The van der Waals surface area contributed by atoms with Crippen LogP contribution in [0.3, 0.4) is 0 Å². The fourth-order valence-electron chi connectivity index (χ4n) is 2.84. The first-order chi connectivity index (χ1) is 13.5. The second-order valence-corrected chi connectivity index (χ2v) is 6.53. The molecule has 0 aliphatic rings. The van der Waals surface area contributed by atoms with Crippen molar-refractivity contribution in [3.8, 4) is 17.1 Å². The second kappa shape index (κ2) is 7.40. The minimum Gasteiger partial charge on any atom is -0.488 e. The zero-order valence-corrected chi connectivity index (χ0v) is 15.1. The summed E-state index contributed by atoms with van der Waals surface area (Å²) in [7, 11) is 0. The van der Waals surface area contributed by atoms with Crippen LogP contribution in [-0.4, -0.2) is 9.97 Å². The summed E-state index contributed by atoms with van der Waals surface area (Å²) in [4.78, 5) is 19.5.